The number of aromatic nitrogens is 2. The molecule has 0 saturated heterocycles. The maximum absolute atomic E-state index is 12.5. The van der Waals surface area contributed by atoms with Crippen LogP contribution in [0.2, 0.25) is 0 Å². The zero-order valence-corrected chi connectivity index (χ0v) is 12.0. The van der Waals surface area contributed by atoms with Crippen molar-refractivity contribution in [2.45, 2.75) is 19.9 Å². The minimum absolute atomic E-state index is 0.194. The SMILES string of the molecule is CC(C)C(N)c1nc(C(=O)n2ccc3ccccc32)co1. The molecule has 1 aromatic carbocycles. The molecule has 5 heteroatoms. The van der Waals surface area contributed by atoms with Crippen LogP contribution in [0.15, 0.2) is 47.2 Å². The van der Waals surface area contributed by atoms with Crippen LogP contribution in [-0.4, -0.2) is 15.5 Å². The Morgan fingerprint density at radius 2 is 2.05 bits per heavy atom. The van der Waals surface area contributed by atoms with Crippen LogP contribution in [0.3, 0.4) is 0 Å². The summed E-state index contributed by atoms with van der Waals surface area (Å²) in [5.41, 5.74) is 7.10. The van der Waals surface area contributed by atoms with Crippen LogP contribution in [0.25, 0.3) is 10.9 Å². The van der Waals surface area contributed by atoms with Crippen molar-refractivity contribution in [2.24, 2.45) is 11.7 Å². The zero-order valence-electron chi connectivity index (χ0n) is 12.0. The highest BCUT2D eigenvalue weighted by molar-refractivity contribution is 6.00. The second kappa shape index (κ2) is 5.18. The van der Waals surface area contributed by atoms with E-state index in [4.69, 9.17) is 10.2 Å². The normalized spacial score (nSPS) is 13.0. The molecule has 0 aliphatic carbocycles. The number of hydrogen-bond acceptors (Lipinski definition) is 4. The average molecular weight is 283 g/mol. The lowest BCUT2D eigenvalue weighted by Crippen LogP contribution is -2.18. The van der Waals surface area contributed by atoms with Crippen molar-refractivity contribution in [3.8, 4) is 0 Å². The van der Waals surface area contributed by atoms with E-state index in [-0.39, 0.29) is 23.6 Å². The number of nitrogens with two attached hydrogens (primary N) is 1. The maximum Gasteiger partial charge on any atom is 0.284 e. The van der Waals surface area contributed by atoms with Crippen molar-refractivity contribution in [3.63, 3.8) is 0 Å². The molecule has 0 aliphatic heterocycles. The van der Waals surface area contributed by atoms with Gasteiger partial charge < -0.3 is 10.2 Å². The van der Waals surface area contributed by atoms with Crippen LogP contribution in [0.5, 0.6) is 0 Å². The summed E-state index contributed by atoms with van der Waals surface area (Å²) >= 11 is 0. The third-order valence-corrected chi connectivity index (χ3v) is 3.56. The van der Waals surface area contributed by atoms with E-state index in [1.54, 1.807) is 10.8 Å². The van der Waals surface area contributed by atoms with E-state index >= 15 is 0 Å². The van der Waals surface area contributed by atoms with Crippen molar-refractivity contribution < 1.29 is 9.21 Å². The Bertz CT molecular complexity index is 786. The van der Waals surface area contributed by atoms with Crippen molar-refractivity contribution in [1.82, 2.24) is 9.55 Å². The van der Waals surface area contributed by atoms with Gasteiger partial charge >= 0.3 is 0 Å². The lowest BCUT2D eigenvalue weighted by molar-refractivity contribution is 0.0960. The van der Waals surface area contributed by atoms with E-state index in [1.165, 1.54) is 6.26 Å². The highest BCUT2D eigenvalue weighted by Gasteiger charge is 2.20. The molecule has 0 saturated carbocycles. The molecule has 5 nitrogen and oxygen atoms in total. The first-order chi connectivity index (χ1) is 10.1. The van der Waals surface area contributed by atoms with E-state index in [2.05, 4.69) is 4.98 Å². The van der Waals surface area contributed by atoms with Gasteiger partial charge in [0.1, 0.15) is 6.26 Å². The summed E-state index contributed by atoms with van der Waals surface area (Å²) in [5, 5.41) is 1.01. The third-order valence-electron chi connectivity index (χ3n) is 3.56. The molecule has 1 unspecified atom stereocenters. The Kier molecular flexibility index (Phi) is 3.35. The van der Waals surface area contributed by atoms with E-state index in [0.717, 1.165) is 10.9 Å². The number of benzene rings is 1. The molecule has 0 radical (unpaired) electrons. The van der Waals surface area contributed by atoms with Gasteiger partial charge in [0, 0.05) is 11.6 Å². The lowest BCUT2D eigenvalue weighted by Gasteiger charge is -2.10. The molecule has 3 aromatic rings. The van der Waals surface area contributed by atoms with E-state index in [1.807, 2.05) is 44.2 Å². The summed E-state index contributed by atoms with van der Waals surface area (Å²) in [4.78, 5) is 16.8. The number of carbonyl (C=O) groups is 1. The number of rotatable bonds is 3. The fraction of sp³-hybridized carbons (Fsp3) is 0.250. The van der Waals surface area contributed by atoms with E-state index < -0.39 is 0 Å². The minimum atomic E-state index is -0.312. The number of oxazole rings is 1. The number of hydrogen-bond donors (Lipinski definition) is 1. The van der Waals surface area contributed by atoms with Gasteiger partial charge in [-0.2, -0.15) is 0 Å². The molecule has 2 heterocycles. The Morgan fingerprint density at radius 1 is 1.29 bits per heavy atom. The number of para-hydroxylation sites is 1. The van der Waals surface area contributed by atoms with Gasteiger partial charge in [0.05, 0.1) is 11.6 Å². The van der Waals surface area contributed by atoms with E-state index in [9.17, 15) is 4.79 Å². The van der Waals surface area contributed by atoms with E-state index in [0.29, 0.717) is 5.89 Å². The smallest absolute Gasteiger partial charge is 0.284 e. The van der Waals surface area contributed by atoms with Gasteiger partial charge in [-0.3, -0.25) is 9.36 Å². The molecular weight excluding hydrogens is 266 g/mol. The summed E-state index contributed by atoms with van der Waals surface area (Å²) in [6.45, 7) is 3.96. The van der Waals surface area contributed by atoms with Gasteiger partial charge in [-0.25, -0.2) is 4.98 Å². The van der Waals surface area contributed by atoms with Crippen molar-refractivity contribution in [1.29, 1.82) is 0 Å². The number of carbonyl (C=O) groups excluding carboxylic acids is 1. The standard InChI is InChI=1S/C16H17N3O2/c1-10(2)14(17)15-18-12(9-21-15)16(20)19-8-7-11-5-3-4-6-13(11)19/h3-10,14H,17H2,1-2H3. The summed E-state index contributed by atoms with van der Waals surface area (Å²) in [6.07, 6.45) is 3.11. The zero-order chi connectivity index (χ0) is 15.0. The Labute approximate surface area is 122 Å². The summed E-state index contributed by atoms with van der Waals surface area (Å²) in [7, 11) is 0. The molecule has 0 fully saturated rings. The molecule has 2 aromatic heterocycles. The molecule has 1 atom stereocenters. The lowest BCUT2D eigenvalue weighted by atomic mass is 10.1. The molecule has 0 amide bonds. The van der Waals surface area contributed by atoms with Crippen LogP contribution < -0.4 is 5.73 Å². The largest absolute Gasteiger partial charge is 0.446 e. The first-order valence-corrected chi connectivity index (χ1v) is 6.89. The van der Waals surface area contributed by atoms with Crippen LogP contribution in [-0.2, 0) is 0 Å². The Morgan fingerprint density at radius 3 is 2.81 bits per heavy atom. The van der Waals surface area contributed by atoms with Crippen LogP contribution in [0.4, 0.5) is 0 Å². The molecule has 0 spiro atoms. The van der Waals surface area contributed by atoms with Gasteiger partial charge in [-0.05, 0) is 18.1 Å². The van der Waals surface area contributed by atoms with Gasteiger partial charge in [-0.15, -0.1) is 0 Å². The molecule has 108 valence electrons. The summed E-state index contributed by atoms with van der Waals surface area (Å²) in [6, 6.07) is 9.28. The summed E-state index contributed by atoms with van der Waals surface area (Å²) in [5.74, 6) is 0.367. The summed E-state index contributed by atoms with van der Waals surface area (Å²) < 4.78 is 6.92. The minimum Gasteiger partial charge on any atom is -0.446 e. The fourth-order valence-corrected chi connectivity index (χ4v) is 2.21. The predicted molar refractivity (Wildman–Crippen MR) is 79.9 cm³/mol. The molecular formula is C16H17N3O2. The average Bonchev–Trinajstić information content (AvgIpc) is 3.12. The quantitative estimate of drug-likeness (QED) is 0.802. The second-order valence-electron chi connectivity index (χ2n) is 5.39. The van der Waals surface area contributed by atoms with Gasteiger partial charge in [0.2, 0.25) is 5.89 Å². The number of nitrogens with zero attached hydrogens (tertiary/aromatic N) is 2. The first-order valence-electron chi connectivity index (χ1n) is 6.89. The third kappa shape index (κ3) is 2.36. The predicted octanol–water partition coefficient (Wildman–Crippen LogP) is 2.97. The first kappa shape index (κ1) is 13.6. The maximum atomic E-state index is 12.5. The monoisotopic (exact) mass is 283 g/mol. The number of fused-ring (bicyclic) bond motifs is 1. The Balaban J connectivity index is 1.96. The molecule has 2 N–H and O–H groups in total. The van der Waals surface area contributed by atoms with Crippen molar-refractivity contribution in [2.75, 3.05) is 0 Å². The van der Waals surface area contributed by atoms with Crippen molar-refractivity contribution in [3.05, 3.63) is 54.4 Å². The fourth-order valence-electron chi connectivity index (χ4n) is 2.21. The van der Waals surface area contributed by atoms with Crippen LogP contribution in [0, 0.1) is 5.92 Å². The van der Waals surface area contributed by atoms with Gasteiger partial charge in [-0.1, -0.05) is 32.0 Å². The highest BCUT2D eigenvalue weighted by atomic mass is 16.3. The van der Waals surface area contributed by atoms with Gasteiger partial charge in [0.25, 0.3) is 5.91 Å². The topological polar surface area (TPSA) is 74.0 Å². The van der Waals surface area contributed by atoms with Crippen LogP contribution in [0.1, 0.15) is 36.3 Å². The molecule has 0 bridgehead atoms. The highest BCUT2D eigenvalue weighted by Crippen LogP contribution is 2.20. The second-order valence-corrected chi connectivity index (χ2v) is 5.39. The Hall–Kier alpha value is -2.40. The van der Waals surface area contributed by atoms with Crippen LogP contribution >= 0.6 is 0 Å². The molecule has 21 heavy (non-hydrogen) atoms. The van der Waals surface area contributed by atoms with Gasteiger partial charge in [0.15, 0.2) is 5.69 Å². The molecule has 0 aliphatic rings. The molecule has 3 rings (SSSR count). The van der Waals surface area contributed by atoms with Crippen molar-refractivity contribution >= 4 is 16.8 Å².